The average Bonchev–Trinajstić information content (AvgIpc) is 3.26. The van der Waals surface area contributed by atoms with E-state index < -0.39 is 14.6 Å². The molecule has 2 aliphatic rings. The number of halogens is 1. The fourth-order valence-electron chi connectivity index (χ4n) is 4.03. The van der Waals surface area contributed by atoms with Crippen LogP contribution in [0.1, 0.15) is 42.6 Å². The van der Waals surface area contributed by atoms with Crippen LogP contribution in [0.4, 0.5) is 0 Å². The van der Waals surface area contributed by atoms with Gasteiger partial charge in [0.1, 0.15) is 0 Å². The summed E-state index contributed by atoms with van der Waals surface area (Å²) in [4.78, 5) is 0. The molecule has 1 aromatic carbocycles. The molecule has 1 saturated carbocycles. The maximum absolute atomic E-state index is 12.3. The lowest BCUT2D eigenvalue weighted by molar-refractivity contribution is 0.525. The van der Waals surface area contributed by atoms with Gasteiger partial charge in [-0.3, -0.25) is 4.68 Å². The molecule has 2 heterocycles. The van der Waals surface area contributed by atoms with E-state index in [1.54, 1.807) is 6.07 Å². The lowest BCUT2D eigenvalue weighted by atomic mass is 9.96. The Morgan fingerprint density at radius 3 is 2.68 bits per heavy atom. The first-order chi connectivity index (χ1) is 11.7. The number of sulfone groups is 1. The van der Waals surface area contributed by atoms with E-state index >= 15 is 0 Å². The second kappa shape index (κ2) is 5.56. The summed E-state index contributed by atoms with van der Waals surface area (Å²) >= 11 is 6.38. The first-order valence-electron chi connectivity index (χ1n) is 8.53. The van der Waals surface area contributed by atoms with Crippen LogP contribution in [0.3, 0.4) is 0 Å². The monoisotopic (exact) mass is 379 g/mol. The molecule has 1 fully saturated rings. The van der Waals surface area contributed by atoms with Crippen LogP contribution in [0.25, 0.3) is 11.3 Å². The molecule has 1 aliphatic heterocycles. The number of hydrogen-bond acceptors (Lipinski definition) is 4. The molecule has 134 valence electrons. The van der Waals surface area contributed by atoms with Gasteiger partial charge in [-0.25, -0.2) is 8.42 Å². The van der Waals surface area contributed by atoms with E-state index in [2.05, 4.69) is 17.3 Å². The van der Waals surface area contributed by atoms with Gasteiger partial charge in [-0.05, 0) is 56.5 Å². The van der Waals surface area contributed by atoms with Crippen LogP contribution >= 0.6 is 11.6 Å². The van der Waals surface area contributed by atoms with Crippen molar-refractivity contribution in [1.29, 1.82) is 0 Å². The summed E-state index contributed by atoms with van der Waals surface area (Å²) in [5.74, 6) is 0. The molecule has 25 heavy (non-hydrogen) atoms. The van der Waals surface area contributed by atoms with Crippen LogP contribution < -0.4 is 5.32 Å². The first kappa shape index (κ1) is 17.1. The van der Waals surface area contributed by atoms with Crippen molar-refractivity contribution in [2.75, 3.05) is 12.8 Å². The normalized spacial score (nSPS) is 21.8. The number of rotatable bonds is 3. The van der Waals surface area contributed by atoms with E-state index in [1.807, 2.05) is 23.9 Å². The minimum atomic E-state index is -3.17. The molecule has 1 unspecified atom stereocenters. The lowest BCUT2D eigenvalue weighted by Crippen LogP contribution is -2.27. The highest BCUT2D eigenvalue weighted by Gasteiger charge is 2.53. The van der Waals surface area contributed by atoms with Gasteiger partial charge in [0.2, 0.25) is 0 Å². The highest BCUT2D eigenvalue weighted by atomic mass is 35.5. The molecule has 1 atom stereocenters. The number of aromatic nitrogens is 2. The van der Waals surface area contributed by atoms with Crippen LogP contribution in [0.15, 0.2) is 18.2 Å². The first-order valence-corrected chi connectivity index (χ1v) is 10.8. The van der Waals surface area contributed by atoms with Gasteiger partial charge in [-0.1, -0.05) is 11.6 Å². The number of benzene rings is 1. The summed E-state index contributed by atoms with van der Waals surface area (Å²) in [7, 11) is -1.24. The topological polar surface area (TPSA) is 64.0 Å². The van der Waals surface area contributed by atoms with Crippen LogP contribution in [0.5, 0.6) is 0 Å². The summed E-state index contributed by atoms with van der Waals surface area (Å²) in [5, 5.41) is 8.68. The Bertz CT molecular complexity index is 961. The second-order valence-corrected chi connectivity index (χ2v) is 10.0. The lowest BCUT2D eigenvalue weighted by Gasteiger charge is -2.20. The fourth-order valence-corrected chi connectivity index (χ4v) is 5.66. The van der Waals surface area contributed by atoms with Gasteiger partial charge in [0.05, 0.1) is 16.1 Å². The van der Waals surface area contributed by atoms with Crippen LogP contribution in [0.2, 0.25) is 5.02 Å². The summed E-state index contributed by atoms with van der Waals surface area (Å²) in [6.45, 7) is 3.02. The van der Waals surface area contributed by atoms with Crippen LogP contribution in [0, 0.1) is 0 Å². The third-order valence-electron chi connectivity index (χ3n) is 5.52. The van der Waals surface area contributed by atoms with E-state index in [9.17, 15) is 8.42 Å². The van der Waals surface area contributed by atoms with Gasteiger partial charge in [-0.15, -0.1) is 0 Å². The molecule has 1 aromatic heterocycles. The second-order valence-electron chi connectivity index (χ2n) is 7.26. The van der Waals surface area contributed by atoms with E-state index in [1.165, 1.54) is 11.8 Å². The maximum atomic E-state index is 12.3. The molecule has 1 aliphatic carbocycles. The Labute approximate surface area is 153 Å². The zero-order valence-corrected chi connectivity index (χ0v) is 16.2. The molecular weight excluding hydrogens is 358 g/mol. The minimum Gasteiger partial charge on any atom is -0.308 e. The number of hydrogen-bond donors (Lipinski definition) is 1. The molecule has 7 heteroatoms. The Hall–Kier alpha value is -1.37. The molecule has 0 bridgehead atoms. The zero-order chi connectivity index (χ0) is 18.0. The van der Waals surface area contributed by atoms with Crippen molar-refractivity contribution in [3.63, 3.8) is 0 Å². The molecule has 2 aromatic rings. The van der Waals surface area contributed by atoms with Crippen molar-refractivity contribution in [2.45, 2.75) is 37.0 Å². The largest absolute Gasteiger partial charge is 0.308 e. The van der Waals surface area contributed by atoms with Crippen molar-refractivity contribution >= 4 is 21.4 Å². The molecule has 1 N–H and O–H groups in total. The van der Waals surface area contributed by atoms with Gasteiger partial charge in [0, 0.05) is 35.5 Å². The number of fused-ring (bicyclic) bond motifs is 1. The summed E-state index contributed by atoms with van der Waals surface area (Å²) in [6, 6.07) is 5.91. The van der Waals surface area contributed by atoms with Crippen molar-refractivity contribution < 1.29 is 8.42 Å². The van der Waals surface area contributed by atoms with Gasteiger partial charge in [0.15, 0.2) is 9.84 Å². The quantitative estimate of drug-likeness (QED) is 0.890. The molecule has 0 amide bonds. The Balaban J connectivity index is 1.89. The van der Waals surface area contributed by atoms with Crippen molar-refractivity contribution in [3.8, 4) is 11.3 Å². The summed E-state index contributed by atoms with van der Waals surface area (Å²) in [5.41, 5.74) is 5.08. The third-order valence-corrected chi connectivity index (χ3v) is 7.80. The predicted molar refractivity (Wildman–Crippen MR) is 99.5 cm³/mol. The zero-order valence-electron chi connectivity index (χ0n) is 14.6. The molecular formula is C18H22ClN3O2S. The third kappa shape index (κ3) is 2.62. The van der Waals surface area contributed by atoms with Crippen LogP contribution in [-0.2, 0) is 28.1 Å². The van der Waals surface area contributed by atoms with E-state index in [0.717, 1.165) is 35.5 Å². The van der Waals surface area contributed by atoms with E-state index in [-0.39, 0.29) is 6.04 Å². The minimum absolute atomic E-state index is 0.216. The molecule has 5 nitrogen and oxygen atoms in total. The van der Waals surface area contributed by atoms with Crippen LogP contribution in [-0.4, -0.2) is 31.0 Å². The standard InChI is InChI=1S/C18H22ClN3O2S/c1-11-16-15(4-7-20-11)17(22(2)21-16)12-8-13(10-14(19)9-12)18(5-6-18)25(3,23)24/h8-11,20H,4-7H2,1-3H3. The molecule has 4 rings (SSSR count). The predicted octanol–water partition coefficient (Wildman–Crippen LogP) is 2.98. The number of aryl methyl sites for hydroxylation is 1. The summed E-state index contributed by atoms with van der Waals surface area (Å²) < 4.78 is 25.7. The molecule has 0 radical (unpaired) electrons. The number of nitrogens with zero attached hydrogens (tertiary/aromatic N) is 2. The number of nitrogens with one attached hydrogen (secondary N) is 1. The van der Waals surface area contributed by atoms with Gasteiger partial charge >= 0.3 is 0 Å². The fraction of sp³-hybridized carbons (Fsp3) is 0.500. The van der Waals surface area contributed by atoms with Gasteiger partial charge in [0.25, 0.3) is 0 Å². The molecule has 0 saturated heterocycles. The maximum Gasteiger partial charge on any atom is 0.157 e. The van der Waals surface area contributed by atoms with E-state index in [4.69, 9.17) is 11.6 Å². The Morgan fingerprint density at radius 1 is 1.32 bits per heavy atom. The SMILES string of the molecule is CC1NCCc2c1nn(C)c2-c1cc(Cl)cc(C2(S(C)(=O)=O)CC2)c1. The van der Waals surface area contributed by atoms with Gasteiger partial charge in [-0.2, -0.15) is 5.10 Å². The Kier molecular flexibility index (Phi) is 3.80. The highest BCUT2D eigenvalue weighted by Crippen LogP contribution is 2.53. The summed E-state index contributed by atoms with van der Waals surface area (Å²) in [6.07, 6.45) is 3.55. The highest BCUT2D eigenvalue weighted by molar-refractivity contribution is 7.92. The van der Waals surface area contributed by atoms with Crippen molar-refractivity contribution in [1.82, 2.24) is 15.1 Å². The Morgan fingerprint density at radius 2 is 2.04 bits per heavy atom. The van der Waals surface area contributed by atoms with Crippen molar-refractivity contribution in [2.24, 2.45) is 7.05 Å². The van der Waals surface area contributed by atoms with E-state index in [0.29, 0.717) is 17.9 Å². The molecule has 0 spiro atoms. The van der Waals surface area contributed by atoms with Gasteiger partial charge < -0.3 is 5.32 Å². The average molecular weight is 380 g/mol. The smallest absolute Gasteiger partial charge is 0.157 e. The van der Waals surface area contributed by atoms with Crippen molar-refractivity contribution in [3.05, 3.63) is 40.0 Å².